The predicted molar refractivity (Wildman–Crippen MR) is 216 cm³/mol. The van der Waals surface area contributed by atoms with Crippen molar-refractivity contribution in [2.75, 3.05) is 26.4 Å². The Morgan fingerprint density at radius 2 is 0.891 bits per heavy atom. The Morgan fingerprint density at radius 1 is 0.509 bits per heavy atom. The topological polar surface area (TPSA) is 195 Å². The monoisotopic (exact) mass is 828 g/mol. The third kappa shape index (κ3) is 40.8. The summed E-state index contributed by atoms with van der Waals surface area (Å²) in [6, 6.07) is 0. The van der Waals surface area contributed by atoms with Crippen molar-refractivity contribution in [3.8, 4) is 0 Å². The number of carbonyl (C=O) groups is 2. The molecule has 3 unspecified atom stereocenters. The lowest BCUT2D eigenvalue weighted by Gasteiger charge is -2.20. The van der Waals surface area contributed by atoms with Crippen LogP contribution in [0.3, 0.4) is 0 Å². The highest BCUT2D eigenvalue weighted by atomic mass is 31.2. The molecule has 0 saturated heterocycles. The number of hydrogen-bond donors (Lipinski definition) is 4. The van der Waals surface area contributed by atoms with Gasteiger partial charge in [0, 0.05) is 12.8 Å². The largest absolute Gasteiger partial charge is 0.472 e. The van der Waals surface area contributed by atoms with Crippen molar-refractivity contribution in [2.24, 2.45) is 0 Å². The fraction of sp³-hybridized carbons (Fsp3) is 0.900. The molecule has 0 amide bonds. The van der Waals surface area contributed by atoms with E-state index >= 15 is 0 Å². The second-order valence-corrected chi connectivity index (χ2v) is 17.3. The summed E-state index contributed by atoms with van der Waals surface area (Å²) in [6.07, 6.45) is 32.0. The van der Waals surface area contributed by atoms with Crippen molar-refractivity contribution >= 4 is 27.6 Å². The number of ether oxygens (including phenoxy) is 2. The lowest BCUT2D eigenvalue weighted by Crippen LogP contribution is -2.30. The van der Waals surface area contributed by atoms with E-state index in [0.29, 0.717) is 12.8 Å². The van der Waals surface area contributed by atoms with E-state index in [1.807, 2.05) is 0 Å². The van der Waals surface area contributed by atoms with Crippen molar-refractivity contribution in [3.05, 3.63) is 12.2 Å². The summed E-state index contributed by atoms with van der Waals surface area (Å²) in [5.74, 6) is -1.03. The van der Waals surface area contributed by atoms with E-state index in [1.165, 1.54) is 103 Å². The Hall–Kier alpha value is -1.14. The van der Waals surface area contributed by atoms with Crippen molar-refractivity contribution in [3.63, 3.8) is 0 Å². The number of esters is 2. The maximum absolute atomic E-state index is 12.6. The Labute approximate surface area is 332 Å². The van der Waals surface area contributed by atoms with Gasteiger partial charge in [0.2, 0.25) is 0 Å². The highest BCUT2D eigenvalue weighted by Crippen LogP contribution is 2.43. The van der Waals surface area contributed by atoms with Gasteiger partial charge in [-0.05, 0) is 38.5 Å². The first-order valence-electron chi connectivity index (χ1n) is 21.4. The van der Waals surface area contributed by atoms with Gasteiger partial charge in [0.15, 0.2) is 6.10 Å². The first-order chi connectivity index (χ1) is 26.4. The predicted octanol–water partition coefficient (Wildman–Crippen LogP) is 10.6. The number of rotatable bonds is 41. The average molecular weight is 829 g/mol. The summed E-state index contributed by atoms with van der Waals surface area (Å²) in [7, 11) is -9.65. The molecular formula is C40H78O13P2. The van der Waals surface area contributed by atoms with Crippen molar-refractivity contribution < 1.29 is 61.6 Å². The minimum absolute atomic E-state index is 0.130. The normalized spacial score (nSPS) is 14.2. The summed E-state index contributed by atoms with van der Waals surface area (Å²) in [4.78, 5) is 52.6. The standard InChI is InChI=1S/C40H78O13P2/c1-3-5-7-9-11-13-15-17-18-20-22-24-26-28-30-32-40(43)53-38(36-52-55(47,48)51-34-37(41)33-50-54(44,45)46)35-49-39(42)31-29-27-25-23-21-19-16-14-12-10-8-6-4-2/h13,15,37-38,41H,3-12,14,16-36H2,1-2H3,(H,47,48)(H2,44,45,46). The first-order valence-corrected chi connectivity index (χ1v) is 24.4. The van der Waals surface area contributed by atoms with Gasteiger partial charge in [-0.15, -0.1) is 0 Å². The molecule has 0 heterocycles. The van der Waals surface area contributed by atoms with E-state index in [4.69, 9.17) is 23.8 Å². The second-order valence-electron chi connectivity index (χ2n) is 14.6. The maximum Gasteiger partial charge on any atom is 0.472 e. The molecule has 0 saturated carbocycles. The zero-order valence-corrected chi connectivity index (χ0v) is 36.1. The van der Waals surface area contributed by atoms with Crippen molar-refractivity contribution in [2.45, 2.75) is 206 Å². The number of aliphatic hydroxyl groups is 1. The third-order valence-electron chi connectivity index (χ3n) is 9.14. The molecule has 0 radical (unpaired) electrons. The molecule has 0 aliphatic heterocycles. The molecule has 0 aromatic heterocycles. The highest BCUT2D eigenvalue weighted by Gasteiger charge is 2.28. The van der Waals surface area contributed by atoms with E-state index < -0.39 is 59.6 Å². The van der Waals surface area contributed by atoms with E-state index in [2.05, 4.69) is 35.0 Å². The Kier molecular flexibility index (Phi) is 36.4. The molecule has 0 fully saturated rings. The van der Waals surface area contributed by atoms with Crippen LogP contribution in [0.25, 0.3) is 0 Å². The van der Waals surface area contributed by atoms with Gasteiger partial charge in [0.05, 0.1) is 19.8 Å². The van der Waals surface area contributed by atoms with E-state index in [0.717, 1.165) is 51.4 Å². The van der Waals surface area contributed by atoms with Crippen LogP contribution in [0.15, 0.2) is 12.2 Å². The molecule has 0 spiro atoms. The van der Waals surface area contributed by atoms with Crippen LogP contribution < -0.4 is 0 Å². The molecule has 15 heteroatoms. The van der Waals surface area contributed by atoms with Gasteiger partial charge in [-0.2, -0.15) is 0 Å². The van der Waals surface area contributed by atoms with E-state index in [9.17, 15) is 28.7 Å². The van der Waals surface area contributed by atoms with Crippen LogP contribution in [0, 0.1) is 0 Å². The van der Waals surface area contributed by atoms with Crippen LogP contribution in [0.1, 0.15) is 194 Å². The molecular weight excluding hydrogens is 750 g/mol. The highest BCUT2D eigenvalue weighted by molar-refractivity contribution is 7.47. The van der Waals surface area contributed by atoms with Gasteiger partial charge >= 0.3 is 27.6 Å². The van der Waals surface area contributed by atoms with Crippen LogP contribution >= 0.6 is 15.6 Å². The minimum atomic E-state index is -4.86. The van der Waals surface area contributed by atoms with Crippen LogP contribution in [0.2, 0.25) is 0 Å². The van der Waals surface area contributed by atoms with Gasteiger partial charge < -0.3 is 29.3 Å². The summed E-state index contributed by atoms with van der Waals surface area (Å²) in [5, 5.41) is 9.73. The number of unbranched alkanes of at least 4 members (excludes halogenated alkanes) is 23. The zero-order valence-electron chi connectivity index (χ0n) is 34.3. The Bertz CT molecular complexity index is 1040. The van der Waals surface area contributed by atoms with E-state index in [-0.39, 0.29) is 19.4 Å². The number of allylic oxidation sites excluding steroid dienone is 2. The SMILES string of the molecule is CCCCCCC=CCCCCCCCCCC(=O)OC(COC(=O)CCCCCCCCCCCCCCC)COP(=O)(O)OCC(O)COP(=O)(O)O. The molecule has 4 N–H and O–H groups in total. The number of phosphoric acid groups is 2. The van der Waals surface area contributed by atoms with Crippen molar-refractivity contribution in [1.82, 2.24) is 0 Å². The molecule has 0 aromatic rings. The van der Waals surface area contributed by atoms with Crippen LogP contribution in [-0.2, 0) is 41.8 Å². The summed E-state index contributed by atoms with van der Waals surface area (Å²) in [5.41, 5.74) is 0. The summed E-state index contributed by atoms with van der Waals surface area (Å²) >= 11 is 0. The number of phosphoric ester groups is 2. The second kappa shape index (κ2) is 37.2. The average Bonchev–Trinajstić information content (AvgIpc) is 3.14. The molecule has 326 valence electrons. The van der Waals surface area contributed by atoms with E-state index in [1.54, 1.807) is 0 Å². The smallest absolute Gasteiger partial charge is 0.462 e. The van der Waals surface area contributed by atoms with Gasteiger partial charge in [-0.3, -0.25) is 23.2 Å². The fourth-order valence-corrected chi connectivity index (χ4v) is 7.03. The van der Waals surface area contributed by atoms with Gasteiger partial charge in [0.1, 0.15) is 12.7 Å². The van der Waals surface area contributed by atoms with Gasteiger partial charge in [0.25, 0.3) is 0 Å². The van der Waals surface area contributed by atoms with Gasteiger partial charge in [-0.25, -0.2) is 9.13 Å². The lowest BCUT2D eigenvalue weighted by atomic mass is 10.0. The Balaban J connectivity index is 4.51. The zero-order chi connectivity index (χ0) is 40.9. The molecule has 13 nitrogen and oxygen atoms in total. The number of carbonyl (C=O) groups excluding carboxylic acids is 2. The van der Waals surface area contributed by atoms with Crippen LogP contribution in [-0.4, -0.2) is 70.4 Å². The van der Waals surface area contributed by atoms with Crippen molar-refractivity contribution in [1.29, 1.82) is 0 Å². The molecule has 0 aromatic carbocycles. The third-order valence-corrected chi connectivity index (χ3v) is 10.6. The summed E-state index contributed by atoms with van der Waals surface area (Å²) < 4.78 is 47.7. The number of hydrogen-bond acceptors (Lipinski definition) is 10. The van der Waals surface area contributed by atoms with Gasteiger partial charge in [-0.1, -0.05) is 154 Å². The molecule has 0 bridgehead atoms. The number of aliphatic hydroxyl groups excluding tert-OH is 1. The van der Waals surface area contributed by atoms with Crippen LogP contribution in [0.4, 0.5) is 0 Å². The molecule has 3 atom stereocenters. The maximum atomic E-state index is 12.6. The van der Waals surface area contributed by atoms with Crippen LogP contribution in [0.5, 0.6) is 0 Å². The molecule has 0 aliphatic rings. The minimum Gasteiger partial charge on any atom is -0.462 e. The first kappa shape index (κ1) is 53.9. The quantitative estimate of drug-likeness (QED) is 0.0197. The molecule has 0 rings (SSSR count). The molecule has 55 heavy (non-hydrogen) atoms. The molecule has 0 aliphatic carbocycles. The fourth-order valence-electron chi connectivity index (χ4n) is 5.87. The summed E-state index contributed by atoms with van der Waals surface area (Å²) in [6.45, 7) is 1.76. The Morgan fingerprint density at radius 3 is 1.36 bits per heavy atom. The lowest BCUT2D eigenvalue weighted by molar-refractivity contribution is -0.161.